The Balaban J connectivity index is 1.79. The standard InChI is InChI=1S/C19H24N2O5/c1-23-17-6-5-15(12-18(17)24-2)13-21(14-16-4-3-9-26-16)19(22)20-7-10-25-11-8-20/h3-6,9,12H,7-8,10-11,13-14H2,1-2H3. The van der Waals surface area contributed by atoms with Crippen molar-refractivity contribution in [2.45, 2.75) is 13.1 Å². The number of carbonyl (C=O) groups is 1. The molecule has 1 fully saturated rings. The summed E-state index contributed by atoms with van der Waals surface area (Å²) in [4.78, 5) is 16.6. The number of hydrogen-bond donors (Lipinski definition) is 0. The van der Waals surface area contributed by atoms with Crippen molar-refractivity contribution in [1.82, 2.24) is 9.80 Å². The largest absolute Gasteiger partial charge is 0.493 e. The molecule has 2 amide bonds. The van der Waals surface area contributed by atoms with Crippen molar-refractivity contribution in [3.05, 3.63) is 47.9 Å². The van der Waals surface area contributed by atoms with E-state index in [9.17, 15) is 4.79 Å². The second-order valence-electron chi connectivity index (χ2n) is 6.01. The van der Waals surface area contributed by atoms with Gasteiger partial charge < -0.3 is 28.4 Å². The summed E-state index contributed by atoms with van der Waals surface area (Å²) >= 11 is 0. The van der Waals surface area contributed by atoms with Crippen LogP contribution in [0.5, 0.6) is 11.5 Å². The van der Waals surface area contributed by atoms with Crippen molar-refractivity contribution in [3.63, 3.8) is 0 Å². The molecule has 0 N–H and O–H groups in total. The van der Waals surface area contributed by atoms with E-state index in [1.165, 1.54) is 0 Å². The third-order valence-corrected chi connectivity index (χ3v) is 4.30. The van der Waals surface area contributed by atoms with Gasteiger partial charge in [0.15, 0.2) is 11.5 Å². The summed E-state index contributed by atoms with van der Waals surface area (Å²) < 4.78 is 21.4. The highest BCUT2D eigenvalue weighted by molar-refractivity contribution is 5.74. The zero-order chi connectivity index (χ0) is 18.4. The molecule has 3 rings (SSSR count). The molecule has 2 aromatic rings. The lowest BCUT2D eigenvalue weighted by Crippen LogP contribution is -2.47. The lowest BCUT2D eigenvalue weighted by Gasteiger charge is -2.32. The number of methoxy groups -OCH3 is 2. The minimum Gasteiger partial charge on any atom is -0.493 e. The number of ether oxygens (including phenoxy) is 3. The molecule has 0 radical (unpaired) electrons. The molecule has 1 aromatic carbocycles. The van der Waals surface area contributed by atoms with Crippen LogP contribution in [-0.2, 0) is 17.8 Å². The Labute approximate surface area is 153 Å². The van der Waals surface area contributed by atoms with Crippen molar-refractivity contribution in [1.29, 1.82) is 0 Å². The Morgan fingerprint density at radius 2 is 1.88 bits per heavy atom. The van der Waals surface area contributed by atoms with Gasteiger partial charge in [-0.2, -0.15) is 0 Å². The molecule has 0 aliphatic carbocycles. The molecule has 0 atom stereocenters. The second kappa shape index (κ2) is 8.62. The van der Waals surface area contributed by atoms with Gasteiger partial charge in [0, 0.05) is 19.6 Å². The molecule has 0 spiro atoms. The maximum atomic E-state index is 13.0. The van der Waals surface area contributed by atoms with E-state index in [0.29, 0.717) is 50.9 Å². The number of nitrogens with zero attached hydrogens (tertiary/aromatic N) is 2. The van der Waals surface area contributed by atoms with E-state index in [1.54, 1.807) is 25.4 Å². The molecule has 7 nitrogen and oxygen atoms in total. The predicted molar refractivity (Wildman–Crippen MR) is 95.3 cm³/mol. The van der Waals surface area contributed by atoms with Gasteiger partial charge in [-0.3, -0.25) is 0 Å². The molecular formula is C19H24N2O5. The molecule has 0 unspecified atom stereocenters. The van der Waals surface area contributed by atoms with Crippen LogP contribution in [0.1, 0.15) is 11.3 Å². The van der Waals surface area contributed by atoms with Gasteiger partial charge in [0.25, 0.3) is 0 Å². The molecule has 1 aliphatic heterocycles. The van der Waals surface area contributed by atoms with E-state index < -0.39 is 0 Å². The Bertz CT molecular complexity index is 711. The van der Waals surface area contributed by atoms with E-state index in [2.05, 4.69) is 0 Å². The van der Waals surface area contributed by atoms with Gasteiger partial charge in [0.05, 0.1) is 40.2 Å². The van der Waals surface area contributed by atoms with Gasteiger partial charge in [-0.1, -0.05) is 6.07 Å². The number of rotatable bonds is 6. The molecular weight excluding hydrogens is 336 g/mol. The van der Waals surface area contributed by atoms with E-state index in [4.69, 9.17) is 18.6 Å². The molecule has 2 heterocycles. The maximum Gasteiger partial charge on any atom is 0.320 e. The summed E-state index contributed by atoms with van der Waals surface area (Å²) in [5.41, 5.74) is 0.954. The quantitative estimate of drug-likeness (QED) is 0.793. The highest BCUT2D eigenvalue weighted by Gasteiger charge is 2.24. The Morgan fingerprint density at radius 1 is 1.12 bits per heavy atom. The average molecular weight is 360 g/mol. The second-order valence-corrected chi connectivity index (χ2v) is 6.01. The number of urea groups is 1. The normalized spacial score (nSPS) is 14.2. The minimum atomic E-state index is -0.0283. The minimum absolute atomic E-state index is 0.0283. The molecule has 0 saturated carbocycles. The SMILES string of the molecule is COc1ccc(CN(Cc2ccco2)C(=O)N2CCOCC2)cc1OC. The van der Waals surface area contributed by atoms with Crippen LogP contribution < -0.4 is 9.47 Å². The van der Waals surface area contributed by atoms with Gasteiger partial charge in [0.2, 0.25) is 0 Å². The molecule has 26 heavy (non-hydrogen) atoms. The van der Waals surface area contributed by atoms with Gasteiger partial charge in [-0.15, -0.1) is 0 Å². The zero-order valence-electron chi connectivity index (χ0n) is 15.1. The fraction of sp³-hybridized carbons (Fsp3) is 0.421. The van der Waals surface area contributed by atoms with Gasteiger partial charge in [-0.25, -0.2) is 4.79 Å². The summed E-state index contributed by atoms with van der Waals surface area (Å²) in [7, 11) is 3.20. The van der Waals surface area contributed by atoms with E-state index >= 15 is 0 Å². The predicted octanol–water partition coefficient (Wildman–Crippen LogP) is 2.75. The smallest absolute Gasteiger partial charge is 0.320 e. The third kappa shape index (κ3) is 4.29. The Hall–Kier alpha value is -2.67. The van der Waals surface area contributed by atoms with Crippen molar-refractivity contribution >= 4 is 6.03 Å². The highest BCUT2D eigenvalue weighted by atomic mass is 16.5. The molecule has 0 bridgehead atoms. The fourth-order valence-corrected chi connectivity index (χ4v) is 2.94. The molecule has 140 valence electrons. The summed E-state index contributed by atoms with van der Waals surface area (Å²) in [6, 6.07) is 9.33. The fourth-order valence-electron chi connectivity index (χ4n) is 2.94. The first-order valence-corrected chi connectivity index (χ1v) is 8.56. The maximum absolute atomic E-state index is 13.0. The van der Waals surface area contributed by atoms with Crippen LogP contribution >= 0.6 is 0 Å². The number of hydrogen-bond acceptors (Lipinski definition) is 5. The van der Waals surface area contributed by atoms with Crippen LogP contribution in [0, 0.1) is 0 Å². The average Bonchev–Trinajstić information content (AvgIpc) is 3.20. The van der Waals surface area contributed by atoms with E-state index in [-0.39, 0.29) is 6.03 Å². The lowest BCUT2D eigenvalue weighted by atomic mass is 10.2. The van der Waals surface area contributed by atoms with Crippen molar-refractivity contribution in [2.75, 3.05) is 40.5 Å². The van der Waals surface area contributed by atoms with Crippen molar-refractivity contribution in [2.24, 2.45) is 0 Å². The first-order valence-electron chi connectivity index (χ1n) is 8.56. The van der Waals surface area contributed by atoms with E-state index in [0.717, 1.165) is 11.3 Å². The van der Waals surface area contributed by atoms with Crippen LogP contribution in [0.4, 0.5) is 4.79 Å². The monoisotopic (exact) mass is 360 g/mol. The number of amides is 2. The zero-order valence-corrected chi connectivity index (χ0v) is 15.1. The topological polar surface area (TPSA) is 64.4 Å². The van der Waals surface area contributed by atoms with Gasteiger partial charge in [-0.05, 0) is 29.8 Å². The number of carbonyl (C=O) groups excluding carboxylic acids is 1. The van der Waals surface area contributed by atoms with Crippen LogP contribution in [0.2, 0.25) is 0 Å². The lowest BCUT2D eigenvalue weighted by molar-refractivity contribution is 0.0413. The van der Waals surface area contributed by atoms with Crippen LogP contribution in [-0.4, -0.2) is 56.4 Å². The number of morpholine rings is 1. The summed E-state index contributed by atoms with van der Waals surface area (Å²) in [6.07, 6.45) is 1.61. The molecule has 7 heteroatoms. The van der Waals surface area contributed by atoms with Crippen molar-refractivity contribution < 1.29 is 23.4 Å². The number of benzene rings is 1. The van der Waals surface area contributed by atoms with E-state index in [1.807, 2.05) is 35.2 Å². The van der Waals surface area contributed by atoms with Crippen LogP contribution in [0.15, 0.2) is 41.0 Å². The van der Waals surface area contributed by atoms with Crippen molar-refractivity contribution in [3.8, 4) is 11.5 Å². The molecule has 1 aliphatic rings. The molecule has 1 saturated heterocycles. The van der Waals surface area contributed by atoms with Gasteiger partial charge in [0.1, 0.15) is 5.76 Å². The highest BCUT2D eigenvalue weighted by Crippen LogP contribution is 2.28. The summed E-state index contributed by atoms with van der Waals surface area (Å²) in [5.74, 6) is 2.04. The third-order valence-electron chi connectivity index (χ3n) is 4.30. The first kappa shape index (κ1) is 18.1. The molecule has 1 aromatic heterocycles. The van der Waals surface area contributed by atoms with Crippen LogP contribution in [0.3, 0.4) is 0 Å². The summed E-state index contributed by atoms with van der Waals surface area (Å²) in [6.45, 7) is 3.17. The Morgan fingerprint density at radius 3 is 2.54 bits per heavy atom. The number of furan rings is 1. The summed E-state index contributed by atoms with van der Waals surface area (Å²) in [5, 5.41) is 0. The first-order chi connectivity index (χ1) is 12.7. The van der Waals surface area contributed by atoms with Gasteiger partial charge >= 0.3 is 6.03 Å². The Kier molecular flexibility index (Phi) is 6.01. The van der Waals surface area contributed by atoms with Crippen LogP contribution in [0.25, 0.3) is 0 Å².